The van der Waals surface area contributed by atoms with E-state index < -0.39 is 12.1 Å². The highest BCUT2D eigenvalue weighted by molar-refractivity contribution is 5.81. The number of benzene rings is 1. The largest absolute Gasteiger partial charge is 0.476 e. The van der Waals surface area contributed by atoms with E-state index in [0.29, 0.717) is 56.9 Å². The Bertz CT molecular complexity index is 1230. The lowest BCUT2D eigenvalue weighted by molar-refractivity contribution is -0.155. The third-order valence-corrected chi connectivity index (χ3v) is 6.97. The Hall–Kier alpha value is -3.18. The molecule has 2 atom stereocenters. The lowest BCUT2D eigenvalue weighted by Gasteiger charge is -2.25. The van der Waals surface area contributed by atoms with Crippen molar-refractivity contribution in [1.29, 1.82) is 0 Å². The van der Waals surface area contributed by atoms with Gasteiger partial charge in [-0.25, -0.2) is 9.67 Å². The molecule has 2 saturated heterocycles. The topological polar surface area (TPSA) is 87.9 Å². The van der Waals surface area contributed by atoms with Gasteiger partial charge in [0.05, 0.1) is 37.8 Å². The summed E-state index contributed by atoms with van der Waals surface area (Å²) in [5, 5.41) is 6.51. The number of hydroxylamine groups is 2. The minimum absolute atomic E-state index is 0.0471. The molecule has 0 radical (unpaired) electrons. The number of Topliss-reactive ketones (excluding diaryl/α,β-unsaturated/α-hetero) is 1. The molecule has 0 unspecified atom stereocenters. The van der Waals surface area contributed by atoms with Crippen molar-refractivity contribution in [3.05, 3.63) is 71.4 Å². The Morgan fingerprint density at radius 2 is 2.03 bits per heavy atom. The summed E-state index contributed by atoms with van der Waals surface area (Å²) in [4.78, 5) is 23.3. The highest BCUT2D eigenvalue weighted by Gasteiger charge is 2.37. The highest BCUT2D eigenvalue weighted by atomic mass is 19.1. The van der Waals surface area contributed by atoms with Crippen LogP contribution in [0.3, 0.4) is 0 Å². The fraction of sp³-hybridized carbons (Fsp3) is 0.464. The van der Waals surface area contributed by atoms with Crippen molar-refractivity contribution in [3.8, 4) is 11.6 Å². The number of carbonyl (C=O) groups excluding carboxylic acids is 1. The Morgan fingerprint density at radius 1 is 1.21 bits per heavy atom. The second kappa shape index (κ2) is 12.1. The highest BCUT2D eigenvalue weighted by Crippen LogP contribution is 2.37. The standard InChI is InChI=1S/C28H33FN4O5/c1-19-25(33(23-6-4-3-5-7-23)31-28(19)37-18-20-16-36-17-20)14-24(34)12-22-15-32(10-11-35-2)38-27(22)21-8-9-30-26(29)13-21/h3-9,13,20,22,27H,10-12,14-18H2,1-2H3/t22-,27+/m1/s1. The Morgan fingerprint density at radius 3 is 2.74 bits per heavy atom. The molecule has 0 aliphatic carbocycles. The second-order valence-electron chi connectivity index (χ2n) is 9.84. The van der Waals surface area contributed by atoms with E-state index in [0.717, 1.165) is 16.9 Å². The van der Waals surface area contributed by atoms with E-state index in [1.165, 1.54) is 12.3 Å². The van der Waals surface area contributed by atoms with E-state index in [2.05, 4.69) is 4.98 Å². The molecule has 2 fully saturated rings. The number of rotatable bonds is 12. The summed E-state index contributed by atoms with van der Waals surface area (Å²) in [6.07, 6.45) is 1.43. The summed E-state index contributed by atoms with van der Waals surface area (Å²) in [7, 11) is 1.63. The Kier molecular flexibility index (Phi) is 8.43. The molecule has 38 heavy (non-hydrogen) atoms. The first-order chi connectivity index (χ1) is 18.5. The molecule has 5 rings (SSSR count). The van der Waals surface area contributed by atoms with E-state index in [-0.39, 0.29) is 24.5 Å². The van der Waals surface area contributed by atoms with Crippen molar-refractivity contribution in [2.45, 2.75) is 25.9 Å². The number of hydrogen-bond donors (Lipinski definition) is 0. The molecular formula is C28H33FN4O5. The lowest BCUT2D eigenvalue weighted by atomic mass is 9.91. The zero-order valence-electron chi connectivity index (χ0n) is 21.7. The van der Waals surface area contributed by atoms with Crippen LogP contribution in [0.1, 0.15) is 29.3 Å². The van der Waals surface area contributed by atoms with Gasteiger partial charge in [0.25, 0.3) is 0 Å². The Balaban J connectivity index is 1.35. The molecule has 0 amide bonds. The number of ether oxygens (including phenoxy) is 3. The maximum absolute atomic E-state index is 13.9. The fourth-order valence-corrected chi connectivity index (χ4v) is 4.85. The average molecular weight is 525 g/mol. The number of pyridine rings is 1. The van der Waals surface area contributed by atoms with Crippen LogP contribution in [-0.4, -0.2) is 72.2 Å². The molecule has 202 valence electrons. The van der Waals surface area contributed by atoms with Crippen LogP contribution in [0.25, 0.3) is 5.69 Å². The predicted octanol–water partition coefficient (Wildman–Crippen LogP) is 3.49. The normalized spacial score (nSPS) is 20.0. The van der Waals surface area contributed by atoms with Crippen molar-refractivity contribution in [2.24, 2.45) is 11.8 Å². The number of carbonyl (C=O) groups is 1. The number of ketones is 1. The zero-order valence-corrected chi connectivity index (χ0v) is 21.7. The Labute approximate surface area is 221 Å². The van der Waals surface area contributed by atoms with E-state index >= 15 is 0 Å². The van der Waals surface area contributed by atoms with Crippen LogP contribution in [0.5, 0.6) is 5.88 Å². The first kappa shape index (κ1) is 26.4. The van der Waals surface area contributed by atoms with Crippen LogP contribution in [0.15, 0.2) is 48.7 Å². The number of aromatic nitrogens is 3. The summed E-state index contributed by atoms with van der Waals surface area (Å²) in [6.45, 7) is 5.43. The number of nitrogens with zero attached hydrogens (tertiary/aromatic N) is 4. The average Bonchev–Trinajstić information content (AvgIpc) is 3.43. The molecule has 0 bridgehead atoms. The summed E-state index contributed by atoms with van der Waals surface area (Å²) < 4.78 is 32.2. The third kappa shape index (κ3) is 6.10. The predicted molar refractivity (Wildman–Crippen MR) is 136 cm³/mol. The van der Waals surface area contributed by atoms with Gasteiger partial charge < -0.3 is 14.2 Å². The van der Waals surface area contributed by atoms with Gasteiger partial charge in [0.1, 0.15) is 11.9 Å². The van der Waals surface area contributed by atoms with Crippen molar-refractivity contribution < 1.29 is 28.2 Å². The van der Waals surface area contributed by atoms with Crippen molar-refractivity contribution >= 4 is 5.78 Å². The van der Waals surface area contributed by atoms with Crippen molar-refractivity contribution in [1.82, 2.24) is 19.8 Å². The smallest absolute Gasteiger partial charge is 0.236 e. The molecular weight excluding hydrogens is 491 g/mol. The second-order valence-corrected chi connectivity index (χ2v) is 9.84. The maximum atomic E-state index is 13.9. The van der Waals surface area contributed by atoms with Crippen LogP contribution in [0, 0.1) is 24.7 Å². The molecule has 3 aromatic rings. The quantitative estimate of drug-likeness (QED) is 0.333. The maximum Gasteiger partial charge on any atom is 0.236 e. The van der Waals surface area contributed by atoms with Crippen molar-refractivity contribution in [3.63, 3.8) is 0 Å². The van der Waals surface area contributed by atoms with Crippen LogP contribution in [0.2, 0.25) is 0 Å². The van der Waals surface area contributed by atoms with Gasteiger partial charge in [-0.2, -0.15) is 9.45 Å². The summed E-state index contributed by atoms with van der Waals surface area (Å²) in [5.74, 6) is 0.216. The zero-order chi connectivity index (χ0) is 26.5. The van der Waals surface area contributed by atoms with E-state index in [1.54, 1.807) is 22.9 Å². The molecule has 10 heteroatoms. The van der Waals surface area contributed by atoms with Gasteiger partial charge >= 0.3 is 0 Å². The molecule has 0 N–H and O–H groups in total. The van der Waals surface area contributed by atoms with Crippen LogP contribution < -0.4 is 4.74 Å². The number of hydrogen-bond acceptors (Lipinski definition) is 8. The summed E-state index contributed by atoms with van der Waals surface area (Å²) in [5.41, 5.74) is 3.17. The van der Waals surface area contributed by atoms with E-state index in [4.69, 9.17) is 24.1 Å². The van der Waals surface area contributed by atoms with Gasteiger partial charge in [-0.3, -0.25) is 9.63 Å². The van der Waals surface area contributed by atoms with Crippen LogP contribution in [0.4, 0.5) is 4.39 Å². The summed E-state index contributed by atoms with van der Waals surface area (Å²) >= 11 is 0. The van der Waals surface area contributed by atoms with Crippen LogP contribution in [-0.2, 0) is 25.5 Å². The monoisotopic (exact) mass is 524 g/mol. The summed E-state index contributed by atoms with van der Waals surface area (Å²) in [6, 6.07) is 12.8. The SMILES string of the molecule is COCCN1C[C@@H](CC(=O)Cc2c(C)c(OCC3COC3)nn2-c2ccccc2)[C@H](c2ccnc(F)c2)O1. The van der Waals surface area contributed by atoms with Gasteiger partial charge in [0.15, 0.2) is 0 Å². The minimum Gasteiger partial charge on any atom is -0.476 e. The molecule has 2 aliphatic heterocycles. The molecule has 2 aromatic heterocycles. The lowest BCUT2D eigenvalue weighted by Crippen LogP contribution is -2.32. The molecule has 9 nitrogen and oxygen atoms in total. The van der Waals surface area contributed by atoms with Gasteiger partial charge in [0, 0.05) is 56.6 Å². The van der Waals surface area contributed by atoms with E-state index in [9.17, 15) is 9.18 Å². The van der Waals surface area contributed by atoms with Gasteiger partial charge in [-0.1, -0.05) is 18.2 Å². The molecule has 0 spiro atoms. The van der Waals surface area contributed by atoms with Gasteiger partial charge in [-0.15, -0.1) is 5.10 Å². The molecule has 2 aliphatic rings. The molecule has 1 aromatic carbocycles. The first-order valence-electron chi connectivity index (χ1n) is 12.9. The molecule has 4 heterocycles. The fourth-order valence-electron chi connectivity index (χ4n) is 4.85. The number of halogens is 1. The van der Waals surface area contributed by atoms with Gasteiger partial charge in [0.2, 0.25) is 11.8 Å². The van der Waals surface area contributed by atoms with E-state index in [1.807, 2.05) is 37.3 Å². The number of methoxy groups -OCH3 is 1. The third-order valence-electron chi connectivity index (χ3n) is 6.97. The number of para-hydroxylation sites is 1. The first-order valence-corrected chi connectivity index (χ1v) is 12.9. The van der Waals surface area contributed by atoms with Crippen LogP contribution >= 0.6 is 0 Å². The van der Waals surface area contributed by atoms with Crippen molar-refractivity contribution in [2.75, 3.05) is 46.6 Å². The van der Waals surface area contributed by atoms with Gasteiger partial charge in [-0.05, 0) is 36.8 Å². The minimum atomic E-state index is -0.574. The molecule has 0 saturated carbocycles.